The van der Waals surface area contributed by atoms with Crippen LogP contribution in [0.4, 0.5) is 0 Å². The zero-order valence-corrected chi connectivity index (χ0v) is 19.5. The summed E-state index contributed by atoms with van der Waals surface area (Å²) in [6, 6.07) is 5.34. The molecular formula is C22H26N4O3S2. The average molecular weight is 459 g/mol. The molecule has 0 aliphatic carbocycles. The van der Waals surface area contributed by atoms with Gasteiger partial charge in [-0.15, -0.1) is 23.1 Å². The fraction of sp³-hybridized carbons (Fsp3) is 0.409. The van der Waals surface area contributed by atoms with E-state index >= 15 is 0 Å². The predicted octanol–water partition coefficient (Wildman–Crippen LogP) is 4.17. The van der Waals surface area contributed by atoms with Crippen LogP contribution in [0.1, 0.15) is 41.0 Å². The van der Waals surface area contributed by atoms with Gasteiger partial charge in [0.25, 0.3) is 5.91 Å². The number of fused-ring (bicyclic) bond motifs is 1. The molecule has 2 heterocycles. The molecule has 1 N–H and O–H groups in total. The first-order valence-corrected chi connectivity index (χ1v) is 12.1. The van der Waals surface area contributed by atoms with Crippen molar-refractivity contribution in [3.05, 3.63) is 47.0 Å². The molecule has 3 aromatic rings. The fourth-order valence-electron chi connectivity index (χ4n) is 3.17. The zero-order valence-electron chi connectivity index (χ0n) is 17.9. The molecule has 0 fully saturated rings. The number of aromatic nitrogens is 3. The van der Waals surface area contributed by atoms with Crippen LogP contribution in [0.2, 0.25) is 0 Å². The molecule has 0 unspecified atom stereocenters. The number of aryl methyl sites for hydroxylation is 2. The molecule has 2 aromatic heterocycles. The van der Waals surface area contributed by atoms with Gasteiger partial charge in [0.1, 0.15) is 12.4 Å². The lowest BCUT2D eigenvalue weighted by Gasteiger charge is -2.14. The maximum atomic E-state index is 12.4. The molecule has 0 aliphatic heterocycles. The van der Waals surface area contributed by atoms with Gasteiger partial charge in [-0.3, -0.25) is 9.59 Å². The van der Waals surface area contributed by atoms with Gasteiger partial charge in [0.05, 0.1) is 15.2 Å². The molecule has 0 saturated heterocycles. The summed E-state index contributed by atoms with van der Waals surface area (Å²) in [4.78, 5) is 39.0. The molecule has 3 rings (SSSR count). The van der Waals surface area contributed by atoms with Crippen LogP contribution in [-0.2, 0) is 17.6 Å². The van der Waals surface area contributed by atoms with E-state index in [2.05, 4.69) is 21.9 Å². The third-order valence-corrected chi connectivity index (χ3v) is 6.79. The number of aliphatic carboxylic acids is 1. The Labute approximate surface area is 189 Å². The van der Waals surface area contributed by atoms with E-state index in [1.54, 1.807) is 35.2 Å². The van der Waals surface area contributed by atoms with E-state index in [-0.39, 0.29) is 12.5 Å². The molecule has 0 bridgehead atoms. The van der Waals surface area contributed by atoms with E-state index in [1.807, 2.05) is 24.7 Å². The van der Waals surface area contributed by atoms with Crippen molar-refractivity contribution in [3.63, 3.8) is 0 Å². The van der Waals surface area contributed by atoms with Gasteiger partial charge >= 0.3 is 5.97 Å². The Hall–Kier alpha value is -2.52. The molecule has 9 heteroatoms. The first-order valence-electron chi connectivity index (χ1n) is 10.1. The van der Waals surface area contributed by atoms with Gasteiger partial charge in [0.15, 0.2) is 0 Å². The van der Waals surface area contributed by atoms with E-state index < -0.39 is 5.97 Å². The van der Waals surface area contributed by atoms with Gasteiger partial charge in [-0.05, 0) is 49.6 Å². The summed E-state index contributed by atoms with van der Waals surface area (Å²) in [6.07, 6.45) is 9.56. The van der Waals surface area contributed by atoms with Crippen molar-refractivity contribution in [3.8, 4) is 0 Å². The second-order valence-electron chi connectivity index (χ2n) is 7.57. The number of thiazole rings is 1. The number of hydrogen-bond donors (Lipinski definition) is 1. The van der Waals surface area contributed by atoms with Crippen LogP contribution in [0.25, 0.3) is 10.2 Å². The number of thioether (sulfide) groups is 1. The summed E-state index contributed by atoms with van der Waals surface area (Å²) in [5.74, 6) is 0.0719. The lowest BCUT2D eigenvalue weighted by Crippen LogP contribution is -2.31. The molecule has 1 amide bonds. The second kappa shape index (κ2) is 10.7. The highest BCUT2D eigenvalue weighted by molar-refractivity contribution is 7.98. The Morgan fingerprint density at radius 1 is 1.19 bits per heavy atom. The number of carbonyl (C=O) groups excluding carboxylic acids is 1. The summed E-state index contributed by atoms with van der Waals surface area (Å²) in [5, 5.41) is 9.92. The van der Waals surface area contributed by atoms with Crippen molar-refractivity contribution < 1.29 is 14.7 Å². The van der Waals surface area contributed by atoms with Crippen LogP contribution in [0.3, 0.4) is 0 Å². The number of carboxylic acids is 1. The normalized spacial score (nSPS) is 12.1. The number of hydrogen-bond acceptors (Lipinski definition) is 7. The highest BCUT2D eigenvalue weighted by atomic mass is 32.2. The minimum atomic E-state index is -1.03. The van der Waals surface area contributed by atoms with Crippen LogP contribution in [0, 0.1) is 5.92 Å². The molecule has 7 nitrogen and oxygen atoms in total. The van der Waals surface area contributed by atoms with Crippen LogP contribution in [0.5, 0.6) is 0 Å². The first kappa shape index (κ1) is 23.1. The average Bonchev–Trinajstić information content (AvgIpc) is 3.17. The minimum Gasteiger partial charge on any atom is -0.480 e. The maximum absolute atomic E-state index is 12.4. The third kappa shape index (κ3) is 6.48. The van der Waals surface area contributed by atoms with Crippen molar-refractivity contribution >= 4 is 45.2 Å². The zero-order chi connectivity index (χ0) is 22.4. The largest absolute Gasteiger partial charge is 0.480 e. The van der Waals surface area contributed by atoms with Crippen molar-refractivity contribution in [1.29, 1.82) is 0 Å². The van der Waals surface area contributed by atoms with Crippen LogP contribution in [-0.4, -0.2) is 56.7 Å². The predicted molar refractivity (Wildman–Crippen MR) is 124 cm³/mol. The molecule has 0 aliphatic rings. The Balaban J connectivity index is 1.55. The number of likely N-dealkylation sites (N-methyl/N-ethyl adjacent to an activating group) is 1. The highest BCUT2D eigenvalue weighted by Crippen LogP contribution is 2.26. The van der Waals surface area contributed by atoms with Gasteiger partial charge in [0.2, 0.25) is 0 Å². The Morgan fingerprint density at radius 3 is 2.58 bits per heavy atom. The van der Waals surface area contributed by atoms with Crippen molar-refractivity contribution in [1.82, 2.24) is 19.9 Å². The van der Waals surface area contributed by atoms with Crippen LogP contribution in [0.15, 0.2) is 35.5 Å². The minimum absolute atomic E-state index is 0.305. The van der Waals surface area contributed by atoms with E-state index in [0.29, 0.717) is 11.5 Å². The number of rotatable bonds is 10. The summed E-state index contributed by atoms with van der Waals surface area (Å²) < 4.78 is 0.944. The van der Waals surface area contributed by atoms with Gasteiger partial charge in [-0.2, -0.15) is 0 Å². The third-order valence-electron chi connectivity index (χ3n) is 5.03. The number of amides is 1. The quantitative estimate of drug-likeness (QED) is 0.456. The summed E-state index contributed by atoms with van der Waals surface area (Å²) in [6.45, 7) is 1.91. The van der Waals surface area contributed by atoms with Crippen LogP contribution < -0.4 is 0 Å². The molecule has 0 radical (unpaired) electrons. The summed E-state index contributed by atoms with van der Waals surface area (Å²) in [7, 11) is 1.49. The molecular weight excluding hydrogens is 432 g/mol. The Kier molecular flexibility index (Phi) is 7.97. The number of carboxylic acid groups (broad SMARTS) is 1. The molecule has 0 spiro atoms. The van der Waals surface area contributed by atoms with Crippen LogP contribution >= 0.6 is 23.1 Å². The molecule has 164 valence electrons. The van der Waals surface area contributed by atoms with Gasteiger partial charge < -0.3 is 10.0 Å². The monoisotopic (exact) mass is 458 g/mol. The fourth-order valence-corrected chi connectivity index (χ4v) is 4.51. The van der Waals surface area contributed by atoms with Crippen molar-refractivity contribution in [2.45, 2.75) is 37.5 Å². The number of benzene rings is 1. The smallest absolute Gasteiger partial charge is 0.323 e. The SMILES string of the molecule is CSc1cnc(CC[C@H](C)CCc2nc3ccc(C(=O)N(C)CC(=O)O)cc3s2)nc1. The van der Waals surface area contributed by atoms with Crippen molar-refractivity contribution in [2.75, 3.05) is 19.8 Å². The first-order chi connectivity index (χ1) is 14.9. The Morgan fingerprint density at radius 2 is 1.90 bits per heavy atom. The standard InChI is InChI=1S/C22H26N4O3S2/c1-14(4-8-19-23-11-16(30-3)12-24-19)5-9-20-25-17-7-6-15(10-18(17)31-20)22(29)26(2)13-21(27)28/h6-7,10-12,14H,4-5,8-9,13H2,1-3H3,(H,27,28)/t14-/m0/s1. The maximum Gasteiger partial charge on any atom is 0.323 e. The highest BCUT2D eigenvalue weighted by Gasteiger charge is 2.16. The lowest BCUT2D eigenvalue weighted by molar-refractivity contribution is -0.137. The number of nitrogens with zero attached hydrogens (tertiary/aromatic N) is 4. The summed E-state index contributed by atoms with van der Waals surface area (Å²) >= 11 is 3.23. The topological polar surface area (TPSA) is 96.3 Å². The van der Waals surface area contributed by atoms with E-state index in [0.717, 1.165) is 51.6 Å². The summed E-state index contributed by atoms with van der Waals surface area (Å²) in [5.41, 5.74) is 1.35. The van der Waals surface area contributed by atoms with E-state index in [9.17, 15) is 9.59 Å². The molecule has 1 aromatic carbocycles. The van der Waals surface area contributed by atoms with Crippen molar-refractivity contribution in [2.24, 2.45) is 5.92 Å². The lowest BCUT2D eigenvalue weighted by atomic mass is 10.00. The van der Waals surface area contributed by atoms with E-state index in [4.69, 9.17) is 5.11 Å². The molecule has 31 heavy (non-hydrogen) atoms. The second-order valence-corrected chi connectivity index (χ2v) is 9.56. The van der Waals surface area contributed by atoms with Gasteiger partial charge in [-0.25, -0.2) is 15.0 Å². The molecule has 0 saturated carbocycles. The Bertz CT molecular complexity index is 1050. The molecule has 1 atom stereocenters. The van der Waals surface area contributed by atoms with Gasteiger partial charge in [0, 0.05) is 36.3 Å². The van der Waals surface area contributed by atoms with Gasteiger partial charge in [-0.1, -0.05) is 6.92 Å². The van der Waals surface area contributed by atoms with E-state index in [1.165, 1.54) is 11.9 Å². The number of carbonyl (C=O) groups is 2.